The Kier molecular flexibility index (Phi) is 2.97. The van der Waals surface area contributed by atoms with E-state index >= 15 is 0 Å². The molecule has 0 radical (unpaired) electrons. The number of hydrogen-bond donors (Lipinski definition) is 0. The maximum atomic E-state index is 10.4. The third-order valence-electron chi connectivity index (χ3n) is 1.68. The number of imidazole rings is 1. The van der Waals surface area contributed by atoms with Crippen molar-refractivity contribution in [2.75, 3.05) is 6.61 Å². The monoisotopic (exact) mass is 185 g/mol. The van der Waals surface area contributed by atoms with Gasteiger partial charge in [0.15, 0.2) is 0 Å². The van der Waals surface area contributed by atoms with Crippen LogP contribution in [0.25, 0.3) is 0 Å². The average Bonchev–Trinajstić information content (AvgIpc) is 2.43. The van der Waals surface area contributed by atoms with E-state index in [1.54, 1.807) is 11.5 Å². The fraction of sp³-hybridized carbons (Fsp3) is 0.571. The lowest BCUT2D eigenvalue weighted by Gasteiger charge is -2.01. The average molecular weight is 185 g/mol. The van der Waals surface area contributed by atoms with Gasteiger partial charge in [0.05, 0.1) is 0 Å². The summed E-state index contributed by atoms with van der Waals surface area (Å²) in [6, 6.07) is 0. The zero-order valence-corrected chi connectivity index (χ0v) is 7.56. The quantitative estimate of drug-likeness (QED) is 0.520. The molecule has 6 nitrogen and oxygen atoms in total. The molecule has 0 saturated heterocycles. The fourth-order valence-corrected chi connectivity index (χ4v) is 0.932. The second-order valence-electron chi connectivity index (χ2n) is 2.50. The lowest BCUT2D eigenvalue weighted by molar-refractivity contribution is -0.390. The van der Waals surface area contributed by atoms with Crippen LogP contribution in [0.2, 0.25) is 0 Å². The van der Waals surface area contributed by atoms with Crippen LogP contribution in [0.4, 0.5) is 5.82 Å². The molecule has 72 valence electrons. The number of rotatable bonds is 4. The molecule has 0 aromatic carbocycles. The van der Waals surface area contributed by atoms with Crippen molar-refractivity contribution < 1.29 is 9.66 Å². The zero-order chi connectivity index (χ0) is 9.84. The Morgan fingerprint density at radius 1 is 1.77 bits per heavy atom. The number of nitro groups is 1. The minimum Gasteiger partial charge on any atom is -0.361 e. The molecule has 0 aliphatic heterocycles. The molecule has 0 N–H and O–H groups in total. The van der Waals surface area contributed by atoms with Gasteiger partial charge in [0.2, 0.25) is 6.33 Å². The largest absolute Gasteiger partial charge is 0.384 e. The summed E-state index contributed by atoms with van der Waals surface area (Å²) in [6.07, 6.45) is 1.41. The molecular weight excluding hydrogens is 174 g/mol. The third-order valence-corrected chi connectivity index (χ3v) is 1.68. The van der Waals surface area contributed by atoms with Crippen molar-refractivity contribution in [1.29, 1.82) is 0 Å². The SMILES string of the molecule is CCOCn1cnc([N+](=O)[O-])c1C. The van der Waals surface area contributed by atoms with E-state index in [1.165, 1.54) is 6.33 Å². The molecule has 0 unspecified atom stereocenters. The molecule has 0 saturated carbocycles. The minimum atomic E-state index is -0.502. The Bertz CT molecular complexity index is 308. The van der Waals surface area contributed by atoms with Gasteiger partial charge in [-0.2, -0.15) is 0 Å². The lowest BCUT2D eigenvalue weighted by atomic mass is 10.5. The first-order valence-electron chi connectivity index (χ1n) is 3.90. The van der Waals surface area contributed by atoms with Crippen LogP contribution in [-0.4, -0.2) is 21.1 Å². The molecule has 1 aromatic rings. The van der Waals surface area contributed by atoms with Gasteiger partial charge in [-0.05, 0) is 23.8 Å². The van der Waals surface area contributed by atoms with Gasteiger partial charge in [0, 0.05) is 6.61 Å². The standard InChI is InChI=1S/C7H11N3O3/c1-3-13-5-9-4-8-7(6(9)2)10(11)12/h4H,3,5H2,1-2H3. The van der Waals surface area contributed by atoms with E-state index in [1.807, 2.05) is 6.92 Å². The molecule has 6 heteroatoms. The van der Waals surface area contributed by atoms with Gasteiger partial charge in [0.1, 0.15) is 12.4 Å². The predicted octanol–water partition coefficient (Wildman–Crippen LogP) is 1.09. The maximum absolute atomic E-state index is 10.4. The summed E-state index contributed by atoms with van der Waals surface area (Å²) in [5, 5.41) is 10.4. The first-order valence-corrected chi connectivity index (χ1v) is 3.90. The van der Waals surface area contributed by atoms with Gasteiger partial charge in [-0.3, -0.25) is 4.57 Å². The molecule has 0 amide bonds. The summed E-state index contributed by atoms with van der Waals surface area (Å²) in [7, 11) is 0. The molecule has 0 bridgehead atoms. The summed E-state index contributed by atoms with van der Waals surface area (Å²) in [5.41, 5.74) is 0.512. The molecule has 13 heavy (non-hydrogen) atoms. The van der Waals surface area contributed by atoms with Crippen LogP contribution in [0.5, 0.6) is 0 Å². The number of ether oxygens (including phenoxy) is 1. The molecule has 0 spiro atoms. The third kappa shape index (κ3) is 2.03. The van der Waals surface area contributed by atoms with Gasteiger partial charge in [-0.1, -0.05) is 0 Å². The van der Waals surface area contributed by atoms with Crippen molar-refractivity contribution in [3.05, 3.63) is 22.1 Å². The maximum Gasteiger partial charge on any atom is 0.384 e. The van der Waals surface area contributed by atoms with Crippen molar-refractivity contribution in [3.8, 4) is 0 Å². The molecule has 0 fully saturated rings. The molecule has 0 aliphatic carbocycles. The highest BCUT2D eigenvalue weighted by Crippen LogP contribution is 2.13. The molecule has 0 aliphatic rings. The van der Waals surface area contributed by atoms with Crippen LogP contribution in [-0.2, 0) is 11.5 Å². The highest BCUT2D eigenvalue weighted by Gasteiger charge is 2.16. The minimum absolute atomic E-state index is 0.111. The Hall–Kier alpha value is -1.43. The van der Waals surface area contributed by atoms with Crippen LogP contribution >= 0.6 is 0 Å². The van der Waals surface area contributed by atoms with Crippen LogP contribution < -0.4 is 0 Å². The Balaban J connectivity index is 2.80. The van der Waals surface area contributed by atoms with Crippen molar-refractivity contribution >= 4 is 5.82 Å². The van der Waals surface area contributed by atoms with E-state index in [9.17, 15) is 10.1 Å². The highest BCUT2D eigenvalue weighted by atomic mass is 16.6. The van der Waals surface area contributed by atoms with Gasteiger partial charge >= 0.3 is 5.82 Å². The summed E-state index contributed by atoms with van der Waals surface area (Å²) in [6.45, 7) is 4.39. The van der Waals surface area contributed by atoms with Gasteiger partial charge in [-0.25, -0.2) is 0 Å². The molecule has 1 aromatic heterocycles. The van der Waals surface area contributed by atoms with Gasteiger partial charge in [0.25, 0.3) is 0 Å². The number of aromatic nitrogens is 2. The van der Waals surface area contributed by atoms with Crippen LogP contribution in [0.15, 0.2) is 6.33 Å². The Morgan fingerprint density at radius 3 is 2.92 bits per heavy atom. The molecular formula is C7H11N3O3. The van der Waals surface area contributed by atoms with E-state index < -0.39 is 4.92 Å². The smallest absolute Gasteiger partial charge is 0.361 e. The second-order valence-corrected chi connectivity index (χ2v) is 2.50. The van der Waals surface area contributed by atoms with Crippen LogP contribution in [0, 0.1) is 17.0 Å². The Morgan fingerprint density at radius 2 is 2.46 bits per heavy atom. The van der Waals surface area contributed by atoms with Crippen molar-refractivity contribution in [3.63, 3.8) is 0 Å². The van der Waals surface area contributed by atoms with Crippen molar-refractivity contribution in [2.24, 2.45) is 0 Å². The van der Waals surface area contributed by atoms with E-state index in [0.717, 1.165) is 0 Å². The summed E-state index contributed by atoms with van der Waals surface area (Å²) < 4.78 is 6.69. The molecule has 0 atom stereocenters. The summed E-state index contributed by atoms with van der Waals surface area (Å²) in [5.74, 6) is -0.111. The fourth-order valence-electron chi connectivity index (χ4n) is 0.932. The van der Waals surface area contributed by atoms with Gasteiger partial charge < -0.3 is 14.9 Å². The van der Waals surface area contributed by atoms with Gasteiger partial charge in [-0.15, -0.1) is 0 Å². The van der Waals surface area contributed by atoms with E-state index in [0.29, 0.717) is 19.0 Å². The van der Waals surface area contributed by atoms with Crippen LogP contribution in [0.1, 0.15) is 12.6 Å². The first-order chi connectivity index (χ1) is 6.16. The topological polar surface area (TPSA) is 70.2 Å². The van der Waals surface area contributed by atoms with Crippen molar-refractivity contribution in [2.45, 2.75) is 20.6 Å². The van der Waals surface area contributed by atoms with E-state index in [-0.39, 0.29) is 5.82 Å². The van der Waals surface area contributed by atoms with Crippen LogP contribution in [0.3, 0.4) is 0 Å². The normalized spacial score (nSPS) is 10.3. The zero-order valence-electron chi connectivity index (χ0n) is 7.56. The molecule has 1 rings (SSSR count). The highest BCUT2D eigenvalue weighted by molar-refractivity contribution is 5.24. The molecule has 1 heterocycles. The number of hydrogen-bond acceptors (Lipinski definition) is 4. The van der Waals surface area contributed by atoms with E-state index in [4.69, 9.17) is 4.74 Å². The van der Waals surface area contributed by atoms with Crippen molar-refractivity contribution in [1.82, 2.24) is 9.55 Å². The second kappa shape index (κ2) is 3.99. The predicted molar refractivity (Wildman–Crippen MR) is 45.2 cm³/mol. The van der Waals surface area contributed by atoms with E-state index in [2.05, 4.69) is 4.98 Å². The summed E-state index contributed by atoms with van der Waals surface area (Å²) >= 11 is 0. The Labute approximate surface area is 75.3 Å². The number of nitrogens with zero attached hydrogens (tertiary/aromatic N) is 3. The lowest BCUT2D eigenvalue weighted by Crippen LogP contribution is -2.03. The summed E-state index contributed by atoms with van der Waals surface area (Å²) in [4.78, 5) is 13.5. The first kappa shape index (κ1) is 9.66.